The Balaban J connectivity index is 5.29. The Morgan fingerprint density at radius 1 is 0.351 bits per heavy atom. The van der Waals surface area contributed by atoms with Crippen molar-refractivity contribution in [1.82, 2.24) is 0 Å². The topological polar surface area (TPSA) is 237 Å². The highest BCUT2D eigenvalue weighted by molar-refractivity contribution is 7.47. The summed E-state index contributed by atoms with van der Waals surface area (Å²) in [5.41, 5.74) is 0. The number of phosphoric acid groups is 2. The lowest BCUT2D eigenvalue weighted by molar-refractivity contribution is -0.161. The Bertz CT molecular complexity index is 1930. The van der Waals surface area contributed by atoms with Gasteiger partial charge in [-0.25, -0.2) is 9.13 Å². The maximum atomic E-state index is 13.1. The van der Waals surface area contributed by atoms with Crippen LogP contribution in [0.5, 0.6) is 0 Å². The van der Waals surface area contributed by atoms with Crippen molar-refractivity contribution < 1.29 is 80.2 Å². The lowest BCUT2D eigenvalue weighted by atomic mass is 9.99. The van der Waals surface area contributed by atoms with E-state index in [-0.39, 0.29) is 25.7 Å². The zero-order chi connectivity index (χ0) is 69.4. The van der Waals surface area contributed by atoms with Crippen molar-refractivity contribution in [3.05, 3.63) is 24.3 Å². The van der Waals surface area contributed by atoms with E-state index in [0.717, 1.165) is 127 Å². The third-order valence-corrected chi connectivity index (χ3v) is 19.4. The van der Waals surface area contributed by atoms with Crippen LogP contribution >= 0.6 is 15.6 Å². The number of ether oxygens (including phenoxy) is 4. The van der Waals surface area contributed by atoms with Gasteiger partial charge in [0, 0.05) is 25.7 Å². The fourth-order valence-corrected chi connectivity index (χ4v) is 12.4. The maximum Gasteiger partial charge on any atom is 0.472 e. The Morgan fingerprint density at radius 2 is 0.628 bits per heavy atom. The van der Waals surface area contributed by atoms with Gasteiger partial charge in [0.25, 0.3) is 0 Å². The minimum absolute atomic E-state index is 0.0838. The van der Waals surface area contributed by atoms with Crippen molar-refractivity contribution >= 4 is 39.5 Å². The van der Waals surface area contributed by atoms with Crippen LogP contribution in [0.25, 0.3) is 0 Å². The summed E-state index contributed by atoms with van der Waals surface area (Å²) in [5.74, 6) is 0.146. The number of unbranched alkanes of at least 4 members (excludes halogenated alkanes) is 34. The summed E-state index contributed by atoms with van der Waals surface area (Å²) < 4.78 is 68.4. The highest BCUT2D eigenvalue weighted by Crippen LogP contribution is 2.45. The van der Waals surface area contributed by atoms with Crippen molar-refractivity contribution in [2.24, 2.45) is 17.8 Å². The Hall–Kier alpha value is -2.46. The zero-order valence-electron chi connectivity index (χ0n) is 60.9. The summed E-state index contributed by atoms with van der Waals surface area (Å²) in [4.78, 5) is 72.7. The molecule has 0 saturated carbocycles. The van der Waals surface area contributed by atoms with E-state index >= 15 is 0 Å². The number of esters is 4. The van der Waals surface area contributed by atoms with Gasteiger partial charge in [-0.2, -0.15) is 0 Å². The molecule has 0 aromatic carbocycles. The predicted molar refractivity (Wildman–Crippen MR) is 381 cm³/mol. The molecular weight excluding hydrogens is 1230 g/mol. The monoisotopic (exact) mass is 1380 g/mol. The molecule has 19 heteroatoms. The fraction of sp³-hybridized carbons (Fsp3) is 0.893. The minimum atomic E-state index is -4.96. The zero-order valence-corrected chi connectivity index (χ0v) is 62.7. The quantitative estimate of drug-likeness (QED) is 0.0169. The van der Waals surface area contributed by atoms with E-state index in [1.54, 1.807) is 0 Å². The van der Waals surface area contributed by atoms with Gasteiger partial charge >= 0.3 is 39.5 Å². The largest absolute Gasteiger partial charge is 0.472 e. The van der Waals surface area contributed by atoms with Gasteiger partial charge in [-0.1, -0.05) is 304 Å². The summed E-state index contributed by atoms with van der Waals surface area (Å²) in [7, 11) is -9.92. The maximum absolute atomic E-state index is 13.1. The molecule has 3 N–H and O–H groups in total. The van der Waals surface area contributed by atoms with Gasteiger partial charge in [0.15, 0.2) is 12.2 Å². The molecule has 4 unspecified atom stereocenters. The molecule has 17 nitrogen and oxygen atoms in total. The van der Waals surface area contributed by atoms with E-state index in [4.69, 9.17) is 37.0 Å². The number of hydrogen-bond donors (Lipinski definition) is 3. The first-order valence-corrected chi connectivity index (χ1v) is 41.2. The molecule has 0 spiro atoms. The third-order valence-electron chi connectivity index (χ3n) is 17.5. The molecule has 7 atom stereocenters. The summed E-state index contributed by atoms with van der Waals surface area (Å²) in [5, 5.41) is 10.6. The van der Waals surface area contributed by atoms with Gasteiger partial charge in [-0.3, -0.25) is 37.3 Å². The number of hydrogen-bond acceptors (Lipinski definition) is 15. The number of carbonyl (C=O) groups is 4. The average Bonchev–Trinajstić information content (AvgIpc) is 1.59. The highest BCUT2D eigenvalue weighted by atomic mass is 31.2. The molecule has 0 aliphatic carbocycles. The molecule has 0 heterocycles. The first-order chi connectivity index (χ1) is 45.3. The number of carbonyl (C=O) groups excluding carboxylic acids is 4. The number of phosphoric ester groups is 2. The second-order valence-corrected chi connectivity index (χ2v) is 30.2. The molecular formula is C75H142O17P2. The second kappa shape index (κ2) is 65.2. The molecule has 0 saturated heterocycles. The van der Waals surface area contributed by atoms with Gasteiger partial charge in [0.05, 0.1) is 26.4 Å². The van der Waals surface area contributed by atoms with E-state index in [0.29, 0.717) is 25.7 Å². The molecule has 0 aromatic rings. The van der Waals surface area contributed by atoms with E-state index < -0.39 is 97.5 Å². The van der Waals surface area contributed by atoms with Crippen molar-refractivity contribution in [3.63, 3.8) is 0 Å². The Morgan fingerprint density at radius 3 is 0.947 bits per heavy atom. The SMILES string of the molecule is CCCCCC/C=C\C=C/CCCCCCCC(=O)O[C@H](COC(=O)CCCCCCCCC(C)CC)COP(=O)(O)OC[C@H](O)COP(=O)(O)OC[C@@H](COC(=O)CCCCCCCCCCC(C)CC)OC(=O)CCCCCCCCCCCCCCCCC(C)C. The first kappa shape index (κ1) is 91.5. The molecule has 0 fully saturated rings. The Kier molecular flexibility index (Phi) is 63.5. The van der Waals surface area contributed by atoms with Crippen LogP contribution in [0.3, 0.4) is 0 Å². The normalized spacial score (nSPS) is 14.8. The lowest BCUT2D eigenvalue weighted by Gasteiger charge is -2.21. The van der Waals surface area contributed by atoms with Crippen molar-refractivity contribution in [3.8, 4) is 0 Å². The fourth-order valence-electron chi connectivity index (χ4n) is 10.8. The molecule has 0 rings (SSSR count). The van der Waals surface area contributed by atoms with Crippen LogP contribution in [-0.2, 0) is 65.4 Å². The van der Waals surface area contributed by atoms with Gasteiger partial charge in [0.1, 0.15) is 19.3 Å². The number of rotatable bonds is 71. The van der Waals surface area contributed by atoms with Crippen LogP contribution in [0.2, 0.25) is 0 Å². The summed E-state index contributed by atoms with van der Waals surface area (Å²) in [6.07, 6.45) is 53.5. The van der Waals surface area contributed by atoms with Gasteiger partial charge < -0.3 is 33.8 Å². The summed E-state index contributed by atoms with van der Waals surface area (Å²) >= 11 is 0. The van der Waals surface area contributed by atoms with E-state index in [9.17, 15) is 43.2 Å². The first-order valence-electron chi connectivity index (χ1n) is 38.2. The highest BCUT2D eigenvalue weighted by Gasteiger charge is 2.30. The summed E-state index contributed by atoms with van der Waals surface area (Å²) in [6.45, 7) is 11.8. The van der Waals surface area contributed by atoms with Gasteiger partial charge in [-0.15, -0.1) is 0 Å². The van der Waals surface area contributed by atoms with Crippen LogP contribution in [0.4, 0.5) is 0 Å². The minimum Gasteiger partial charge on any atom is -0.462 e. The molecule has 554 valence electrons. The third kappa shape index (κ3) is 65.5. The predicted octanol–water partition coefficient (Wildman–Crippen LogP) is 21.3. The van der Waals surface area contributed by atoms with Gasteiger partial charge in [0.2, 0.25) is 0 Å². The van der Waals surface area contributed by atoms with Crippen molar-refractivity contribution in [1.29, 1.82) is 0 Å². The second-order valence-electron chi connectivity index (χ2n) is 27.3. The van der Waals surface area contributed by atoms with E-state index in [2.05, 4.69) is 72.8 Å². The molecule has 0 radical (unpaired) electrons. The molecule has 0 aliphatic rings. The number of aliphatic hydroxyl groups excluding tert-OH is 1. The van der Waals surface area contributed by atoms with Crippen LogP contribution in [0.1, 0.15) is 357 Å². The standard InChI is InChI=1S/C75H142O17P2/c1-8-11-12-13-14-15-16-17-18-22-25-28-35-44-51-59-75(80)92-71(63-86-73(78)57-50-43-38-37-41-48-55-68(7)10-3)65-90-94(83,84)88-61-69(76)60-87-93(81,82)89-64-70(62-85-72(77)56-49-42-34-31-30-33-40-47-54-67(6)9-2)91-74(79)58-52-45-36-29-26-23-20-19-21-24-27-32-39-46-53-66(4)5/h15-18,66-71,76H,8-14,19-65H2,1-7H3,(H,81,82)(H,83,84)/b16-15-,18-17-/t67?,68?,69-,70-,71-/m1/s1. The number of aliphatic hydroxyl groups is 1. The summed E-state index contributed by atoms with van der Waals surface area (Å²) in [6, 6.07) is 0. The molecule has 0 bridgehead atoms. The van der Waals surface area contributed by atoms with Crippen LogP contribution in [0, 0.1) is 17.8 Å². The van der Waals surface area contributed by atoms with E-state index in [1.807, 2.05) is 0 Å². The number of allylic oxidation sites excluding steroid dienone is 4. The van der Waals surface area contributed by atoms with Crippen LogP contribution < -0.4 is 0 Å². The van der Waals surface area contributed by atoms with Gasteiger partial charge in [-0.05, 0) is 69.1 Å². The van der Waals surface area contributed by atoms with E-state index in [1.165, 1.54) is 148 Å². The Labute approximate surface area is 573 Å². The average molecular weight is 1380 g/mol. The molecule has 0 amide bonds. The lowest BCUT2D eigenvalue weighted by Crippen LogP contribution is -2.30. The van der Waals surface area contributed by atoms with Crippen molar-refractivity contribution in [2.75, 3.05) is 39.6 Å². The molecule has 94 heavy (non-hydrogen) atoms. The molecule has 0 aromatic heterocycles. The van der Waals surface area contributed by atoms with Crippen LogP contribution in [-0.4, -0.2) is 96.7 Å². The van der Waals surface area contributed by atoms with Crippen molar-refractivity contribution in [2.45, 2.75) is 375 Å². The van der Waals surface area contributed by atoms with Crippen LogP contribution in [0.15, 0.2) is 24.3 Å². The smallest absolute Gasteiger partial charge is 0.462 e. The molecule has 0 aliphatic heterocycles.